The smallest absolute Gasteiger partial charge is 0.132 e. The zero-order valence-electron chi connectivity index (χ0n) is 12.0. The molecule has 1 heterocycles. The third kappa shape index (κ3) is 3.41. The summed E-state index contributed by atoms with van der Waals surface area (Å²) in [5, 5.41) is 14.5. The van der Waals surface area contributed by atoms with Crippen molar-refractivity contribution >= 4 is 11.6 Å². The second-order valence-electron chi connectivity index (χ2n) is 5.28. The van der Waals surface area contributed by atoms with Crippen LogP contribution < -0.4 is 0 Å². The molecule has 0 aliphatic heterocycles. The molecule has 2 aromatic rings. The lowest BCUT2D eigenvalue weighted by atomic mass is 10.1. The van der Waals surface area contributed by atoms with Crippen molar-refractivity contribution in [2.45, 2.75) is 45.8 Å². The molecule has 0 aliphatic carbocycles. The van der Waals surface area contributed by atoms with E-state index in [0.717, 1.165) is 30.6 Å². The number of hydrogen-bond donors (Lipinski definition) is 1. The summed E-state index contributed by atoms with van der Waals surface area (Å²) in [4.78, 5) is 0. The minimum Gasteiger partial charge on any atom is -0.391 e. The van der Waals surface area contributed by atoms with Gasteiger partial charge in [0.2, 0.25) is 0 Å². The third-order valence-corrected chi connectivity index (χ3v) is 3.82. The maximum Gasteiger partial charge on any atom is 0.132 e. The molecule has 0 saturated carbocycles. The fourth-order valence-corrected chi connectivity index (χ4v) is 2.61. The minimum atomic E-state index is -0.0506. The van der Waals surface area contributed by atoms with Gasteiger partial charge in [-0.25, -0.2) is 0 Å². The molecule has 0 atom stereocenters. The monoisotopic (exact) mass is 292 g/mol. The molecular weight excluding hydrogens is 272 g/mol. The van der Waals surface area contributed by atoms with Crippen molar-refractivity contribution in [2.75, 3.05) is 0 Å². The van der Waals surface area contributed by atoms with Gasteiger partial charge < -0.3 is 5.11 Å². The van der Waals surface area contributed by atoms with Crippen molar-refractivity contribution in [3.63, 3.8) is 0 Å². The number of aromatic nitrogens is 2. The molecule has 0 aliphatic rings. The van der Waals surface area contributed by atoms with Crippen LogP contribution >= 0.6 is 11.6 Å². The van der Waals surface area contributed by atoms with E-state index >= 15 is 0 Å². The van der Waals surface area contributed by atoms with Crippen LogP contribution in [0, 0.1) is 0 Å². The van der Waals surface area contributed by atoms with Gasteiger partial charge in [0.1, 0.15) is 5.15 Å². The van der Waals surface area contributed by atoms with Gasteiger partial charge in [-0.1, -0.05) is 55.8 Å². The molecule has 0 unspecified atom stereocenters. The average molecular weight is 293 g/mol. The van der Waals surface area contributed by atoms with E-state index < -0.39 is 0 Å². The molecule has 2 rings (SSSR count). The van der Waals surface area contributed by atoms with Gasteiger partial charge in [-0.05, 0) is 24.3 Å². The lowest BCUT2D eigenvalue weighted by Gasteiger charge is -2.04. The van der Waals surface area contributed by atoms with Crippen LogP contribution in [0.5, 0.6) is 0 Å². The number of aliphatic hydroxyl groups excluding tert-OH is 1. The quantitative estimate of drug-likeness (QED) is 0.880. The van der Waals surface area contributed by atoms with Crippen molar-refractivity contribution in [1.82, 2.24) is 9.78 Å². The number of aliphatic hydroxyl groups is 1. The van der Waals surface area contributed by atoms with Crippen molar-refractivity contribution in [3.05, 3.63) is 52.3 Å². The van der Waals surface area contributed by atoms with Crippen LogP contribution in [0.2, 0.25) is 5.15 Å². The summed E-state index contributed by atoms with van der Waals surface area (Å²) in [6.07, 6.45) is 1.98. The SMILES string of the molecule is CC(C)c1nn(CCCc2ccccc2)c(Cl)c1CO. The Hall–Kier alpha value is -1.32. The predicted molar refractivity (Wildman–Crippen MR) is 82.0 cm³/mol. The lowest BCUT2D eigenvalue weighted by Crippen LogP contribution is -2.03. The highest BCUT2D eigenvalue weighted by atomic mass is 35.5. The molecule has 0 radical (unpaired) electrons. The van der Waals surface area contributed by atoms with E-state index in [4.69, 9.17) is 11.6 Å². The molecule has 1 aromatic heterocycles. The van der Waals surface area contributed by atoms with Crippen LogP contribution in [-0.2, 0) is 19.6 Å². The molecule has 3 nitrogen and oxygen atoms in total. The molecule has 20 heavy (non-hydrogen) atoms. The number of nitrogens with zero attached hydrogens (tertiary/aromatic N) is 2. The molecule has 4 heteroatoms. The number of hydrogen-bond acceptors (Lipinski definition) is 2. The normalized spacial score (nSPS) is 11.2. The first-order valence-electron chi connectivity index (χ1n) is 7.03. The Morgan fingerprint density at radius 1 is 1.25 bits per heavy atom. The molecular formula is C16H21ClN2O. The molecule has 0 spiro atoms. The fourth-order valence-electron chi connectivity index (χ4n) is 2.33. The summed E-state index contributed by atoms with van der Waals surface area (Å²) < 4.78 is 1.81. The number of benzene rings is 1. The Bertz CT molecular complexity index is 549. The van der Waals surface area contributed by atoms with Gasteiger partial charge >= 0.3 is 0 Å². The Morgan fingerprint density at radius 3 is 2.50 bits per heavy atom. The van der Waals surface area contributed by atoms with Gasteiger partial charge in [0, 0.05) is 12.1 Å². The van der Waals surface area contributed by atoms with E-state index in [9.17, 15) is 5.11 Å². The second kappa shape index (κ2) is 6.91. The van der Waals surface area contributed by atoms with Gasteiger partial charge in [-0.2, -0.15) is 5.10 Å². The van der Waals surface area contributed by atoms with E-state index in [2.05, 4.69) is 43.2 Å². The molecule has 0 amide bonds. The Kier molecular flexibility index (Phi) is 5.21. The summed E-state index contributed by atoms with van der Waals surface area (Å²) in [7, 11) is 0. The van der Waals surface area contributed by atoms with Crippen LogP contribution in [0.3, 0.4) is 0 Å². The van der Waals surface area contributed by atoms with E-state index in [1.54, 1.807) is 0 Å². The molecule has 0 bridgehead atoms. The molecule has 108 valence electrons. The third-order valence-electron chi connectivity index (χ3n) is 3.40. The zero-order chi connectivity index (χ0) is 14.5. The predicted octanol–water partition coefficient (Wildman–Crippen LogP) is 3.79. The molecule has 0 saturated heterocycles. The summed E-state index contributed by atoms with van der Waals surface area (Å²) in [6.45, 7) is 4.84. The van der Waals surface area contributed by atoms with Gasteiger partial charge in [0.25, 0.3) is 0 Å². The van der Waals surface area contributed by atoms with Crippen molar-refractivity contribution in [3.8, 4) is 0 Å². The van der Waals surface area contributed by atoms with Crippen LogP contribution in [0.25, 0.3) is 0 Å². The highest BCUT2D eigenvalue weighted by Gasteiger charge is 2.17. The summed E-state index contributed by atoms with van der Waals surface area (Å²) in [5.41, 5.74) is 2.99. The van der Waals surface area contributed by atoms with Crippen LogP contribution in [0.1, 0.15) is 43.0 Å². The van der Waals surface area contributed by atoms with Gasteiger partial charge in [0.15, 0.2) is 0 Å². The van der Waals surface area contributed by atoms with Crippen molar-refractivity contribution in [1.29, 1.82) is 0 Å². The van der Waals surface area contributed by atoms with Crippen LogP contribution in [-0.4, -0.2) is 14.9 Å². The largest absolute Gasteiger partial charge is 0.391 e. The maximum atomic E-state index is 9.43. The highest BCUT2D eigenvalue weighted by molar-refractivity contribution is 6.30. The zero-order valence-corrected chi connectivity index (χ0v) is 12.8. The second-order valence-corrected chi connectivity index (χ2v) is 5.64. The Balaban J connectivity index is 2.03. The fraction of sp³-hybridized carbons (Fsp3) is 0.438. The lowest BCUT2D eigenvalue weighted by molar-refractivity contribution is 0.280. The van der Waals surface area contributed by atoms with Gasteiger partial charge in [-0.3, -0.25) is 4.68 Å². The number of halogens is 1. The summed E-state index contributed by atoms with van der Waals surface area (Å²) >= 11 is 6.30. The molecule has 1 N–H and O–H groups in total. The first-order valence-corrected chi connectivity index (χ1v) is 7.41. The van der Waals surface area contributed by atoms with Gasteiger partial charge in [-0.15, -0.1) is 0 Å². The Labute approximate surface area is 125 Å². The van der Waals surface area contributed by atoms with Crippen molar-refractivity contribution < 1.29 is 5.11 Å². The molecule has 0 fully saturated rings. The van der Waals surface area contributed by atoms with Crippen LogP contribution in [0.15, 0.2) is 30.3 Å². The topological polar surface area (TPSA) is 38.0 Å². The number of rotatable bonds is 6. The van der Waals surface area contributed by atoms with E-state index in [-0.39, 0.29) is 12.5 Å². The average Bonchev–Trinajstić information content (AvgIpc) is 2.77. The van der Waals surface area contributed by atoms with E-state index in [0.29, 0.717) is 5.15 Å². The van der Waals surface area contributed by atoms with E-state index in [1.807, 2.05) is 10.7 Å². The Morgan fingerprint density at radius 2 is 1.95 bits per heavy atom. The highest BCUT2D eigenvalue weighted by Crippen LogP contribution is 2.26. The van der Waals surface area contributed by atoms with E-state index in [1.165, 1.54) is 5.56 Å². The van der Waals surface area contributed by atoms with Gasteiger partial charge in [0.05, 0.1) is 12.3 Å². The summed E-state index contributed by atoms with van der Waals surface area (Å²) in [5.74, 6) is 0.269. The maximum absolute atomic E-state index is 9.43. The minimum absolute atomic E-state index is 0.0506. The van der Waals surface area contributed by atoms with Crippen LogP contribution in [0.4, 0.5) is 0 Å². The summed E-state index contributed by atoms with van der Waals surface area (Å²) in [6, 6.07) is 10.4. The van der Waals surface area contributed by atoms with Crippen molar-refractivity contribution in [2.24, 2.45) is 0 Å². The first-order chi connectivity index (χ1) is 9.63. The molecule has 1 aromatic carbocycles. The number of aryl methyl sites for hydroxylation is 2. The standard InChI is InChI=1S/C16H21ClN2O/c1-12(2)15-14(11-20)16(17)19(18-15)10-6-9-13-7-4-3-5-8-13/h3-5,7-8,12,20H,6,9-11H2,1-2H3. The first kappa shape index (κ1) is 15.1.